The van der Waals surface area contributed by atoms with Crippen molar-refractivity contribution in [3.8, 4) is 0 Å². The summed E-state index contributed by atoms with van der Waals surface area (Å²) < 4.78 is 16.8. The molecule has 0 saturated carbocycles. The van der Waals surface area contributed by atoms with Gasteiger partial charge in [-0.15, -0.1) is 0 Å². The summed E-state index contributed by atoms with van der Waals surface area (Å²) in [6, 6.07) is 0. The maximum Gasteiger partial charge on any atom is 0.306 e. The molecule has 0 spiro atoms. The molecule has 0 aromatic rings. The predicted molar refractivity (Wildman–Crippen MR) is 279 cm³/mol. The van der Waals surface area contributed by atoms with Crippen LogP contribution in [0.2, 0.25) is 0 Å². The van der Waals surface area contributed by atoms with Crippen LogP contribution in [-0.4, -0.2) is 37.2 Å². The molecule has 0 bridgehead atoms. The zero-order valence-electron chi connectivity index (χ0n) is 42.5. The largest absolute Gasteiger partial charge is 0.462 e. The second-order valence-corrected chi connectivity index (χ2v) is 17.9. The second kappa shape index (κ2) is 53.2. The first-order valence-corrected chi connectivity index (χ1v) is 27.2. The van der Waals surface area contributed by atoms with Crippen LogP contribution in [0.4, 0.5) is 0 Å². The Morgan fingerprint density at radius 3 is 0.938 bits per heavy atom. The summed E-state index contributed by atoms with van der Waals surface area (Å²) in [5, 5.41) is 0. The van der Waals surface area contributed by atoms with Gasteiger partial charge in [-0.3, -0.25) is 14.4 Å². The number of esters is 3. The molecule has 6 nitrogen and oxygen atoms in total. The number of unbranched alkanes of at least 4 members (excludes halogenated alkanes) is 28. The Bertz CT molecular complexity index is 1270. The molecule has 0 aliphatic carbocycles. The number of allylic oxidation sites excluding steroid dienone is 14. The number of hydrogen-bond acceptors (Lipinski definition) is 6. The lowest BCUT2D eigenvalue weighted by Gasteiger charge is -2.18. The van der Waals surface area contributed by atoms with E-state index in [0.717, 1.165) is 96.3 Å². The molecule has 0 heterocycles. The number of ether oxygens (including phenoxy) is 3. The Kier molecular flexibility index (Phi) is 50.4. The van der Waals surface area contributed by atoms with Crippen LogP contribution in [0.1, 0.15) is 252 Å². The summed E-state index contributed by atoms with van der Waals surface area (Å²) in [6.45, 7) is 6.36. The molecule has 0 aromatic heterocycles. The molecule has 0 amide bonds. The average molecular weight is 905 g/mol. The summed E-state index contributed by atoms with van der Waals surface area (Å²) in [6.07, 6.45) is 68.5. The van der Waals surface area contributed by atoms with E-state index in [1.165, 1.54) is 116 Å². The van der Waals surface area contributed by atoms with E-state index >= 15 is 0 Å². The van der Waals surface area contributed by atoms with Crippen LogP contribution >= 0.6 is 0 Å². The van der Waals surface area contributed by atoms with Gasteiger partial charge in [-0.25, -0.2) is 0 Å². The van der Waals surface area contributed by atoms with E-state index in [1.807, 2.05) is 18.2 Å². The van der Waals surface area contributed by atoms with Gasteiger partial charge < -0.3 is 14.2 Å². The van der Waals surface area contributed by atoms with Gasteiger partial charge in [-0.2, -0.15) is 0 Å². The van der Waals surface area contributed by atoms with Gasteiger partial charge in [0.2, 0.25) is 0 Å². The van der Waals surface area contributed by atoms with Crippen molar-refractivity contribution in [1.82, 2.24) is 0 Å². The van der Waals surface area contributed by atoms with Gasteiger partial charge in [0.15, 0.2) is 6.10 Å². The molecule has 0 saturated heterocycles. The maximum atomic E-state index is 12.8. The molecule has 1 unspecified atom stereocenters. The van der Waals surface area contributed by atoms with E-state index in [9.17, 15) is 14.4 Å². The smallest absolute Gasteiger partial charge is 0.306 e. The fourth-order valence-electron chi connectivity index (χ4n) is 7.51. The summed E-state index contributed by atoms with van der Waals surface area (Å²) in [5.41, 5.74) is 0. The fourth-order valence-corrected chi connectivity index (χ4v) is 7.51. The minimum absolute atomic E-state index is 0.0888. The van der Waals surface area contributed by atoms with Crippen LogP contribution in [0.5, 0.6) is 0 Å². The van der Waals surface area contributed by atoms with Crippen molar-refractivity contribution in [3.05, 3.63) is 85.1 Å². The molecule has 0 aliphatic rings. The second-order valence-electron chi connectivity index (χ2n) is 17.9. The van der Waals surface area contributed by atoms with Gasteiger partial charge in [0, 0.05) is 19.3 Å². The average Bonchev–Trinajstić information content (AvgIpc) is 3.30. The molecule has 65 heavy (non-hydrogen) atoms. The molecule has 372 valence electrons. The Labute approximate surface area is 401 Å². The Morgan fingerprint density at radius 2 is 0.600 bits per heavy atom. The third-order valence-corrected chi connectivity index (χ3v) is 11.6. The molecule has 1 atom stereocenters. The van der Waals surface area contributed by atoms with Crippen molar-refractivity contribution in [2.24, 2.45) is 0 Å². The van der Waals surface area contributed by atoms with Crippen LogP contribution < -0.4 is 0 Å². The molecule has 0 N–H and O–H groups in total. The Balaban J connectivity index is 4.42. The molecular weight excluding hydrogens is 805 g/mol. The molecule has 0 radical (unpaired) electrons. The van der Waals surface area contributed by atoms with Gasteiger partial charge >= 0.3 is 17.9 Å². The van der Waals surface area contributed by atoms with Crippen LogP contribution in [0.15, 0.2) is 85.1 Å². The van der Waals surface area contributed by atoms with Crippen molar-refractivity contribution in [2.75, 3.05) is 13.2 Å². The molecule has 0 aromatic carbocycles. The first-order chi connectivity index (χ1) is 32.0. The lowest BCUT2D eigenvalue weighted by molar-refractivity contribution is -0.167. The van der Waals surface area contributed by atoms with Crippen molar-refractivity contribution in [1.29, 1.82) is 0 Å². The lowest BCUT2D eigenvalue weighted by Crippen LogP contribution is -2.30. The van der Waals surface area contributed by atoms with Crippen molar-refractivity contribution >= 4 is 17.9 Å². The zero-order chi connectivity index (χ0) is 47.2. The minimum atomic E-state index is -0.793. The molecular formula is C59H100O6. The fraction of sp³-hybridized carbons (Fsp3) is 0.712. The van der Waals surface area contributed by atoms with Crippen LogP contribution in [0.25, 0.3) is 0 Å². The van der Waals surface area contributed by atoms with E-state index in [2.05, 4.69) is 87.6 Å². The molecule has 0 rings (SSSR count). The van der Waals surface area contributed by atoms with Gasteiger partial charge in [0.05, 0.1) is 0 Å². The summed E-state index contributed by atoms with van der Waals surface area (Å²) in [5.74, 6) is -0.920. The minimum Gasteiger partial charge on any atom is -0.462 e. The number of carbonyl (C=O) groups excluding carboxylic acids is 3. The number of rotatable bonds is 48. The van der Waals surface area contributed by atoms with E-state index in [4.69, 9.17) is 14.2 Å². The topological polar surface area (TPSA) is 78.9 Å². The summed E-state index contributed by atoms with van der Waals surface area (Å²) in [7, 11) is 0. The van der Waals surface area contributed by atoms with Crippen LogP contribution in [0.3, 0.4) is 0 Å². The molecule has 0 aliphatic heterocycles. The zero-order valence-corrected chi connectivity index (χ0v) is 42.5. The van der Waals surface area contributed by atoms with Crippen molar-refractivity contribution in [3.63, 3.8) is 0 Å². The van der Waals surface area contributed by atoms with Gasteiger partial charge in [0.1, 0.15) is 13.2 Å². The Morgan fingerprint density at radius 1 is 0.323 bits per heavy atom. The first kappa shape index (κ1) is 61.6. The monoisotopic (exact) mass is 905 g/mol. The number of carbonyl (C=O) groups is 3. The normalized spacial score (nSPS) is 12.7. The first-order valence-electron chi connectivity index (χ1n) is 27.2. The summed E-state index contributed by atoms with van der Waals surface area (Å²) in [4.78, 5) is 38.1. The van der Waals surface area contributed by atoms with Crippen molar-refractivity contribution in [2.45, 2.75) is 258 Å². The summed E-state index contributed by atoms with van der Waals surface area (Å²) >= 11 is 0. The standard InChI is InChI=1S/C59H100O6/c1-4-7-10-13-16-19-22-25-28-29-32-34-37-40-43-46-49-52-58(61)64-55-56(65-59(62)53-50-47-44-41-38-35-31-27-24-21-18-15-12-9-6-3)54-63-57(60)51-48-45-42-39-36-33-30-26-23-20-17-14-11-8-5-2/h8-9,11-12,14-15,17-18,20-21,23-24,27,31,56H,4-7,10,13,16,19,22,25-26,28-30,32-55H2,1-3H3/b11-8-,12-9-,17-14-,18-15-,23-20-,24-21-,31-27-. The van der Waals surface area contributed by atoms with Crippen molar-refractivity contribution < 1.29 is 28.6 Å². The maximum absolute atomic E-state index is 12.8. The highest BCUT2D eigenvalue weighted by Crippen LogP contribution is 2.16. The van der Waals surface area contributed by atoms with E-state index < -0.39 is 6.10 Å². The van der Waals surface area contributed by atoms with E-state index in [1.54, 1.807) is 0 Å². The van der Waals surface area contributed by atoms with Crippen LogP contribution in [0, 0.1) is 0 Å². The highest BCUT2D eigenvalue weighted by Gasteiger charge is 2.19. The van der Waals surface area contributed by atoms with E-state index in [-0.39, 0.29) is 31.1 Å². The third kappa shape index (κ3) is 51.4. The van der Waals surface area contributed by atoms with E-state index in [0.29, 0.717) is 19.3 Å². The van der Waals surface area contributed by atoms with Crippen LogP contribution in [-0.2, 0) is 28.6 Å². The third-order valence-electron chi connectivity index (χ3n) is 11.6. The highest BCUT2D eigenvalue weighted by molar-refractivity contribution is 5.71. The van der Waals surface area contributed by atoms with Gasteiger partial charge in [0.25, 0.3) is 0 Å². The molecule has 6 heteroatoms. The van der Waals surface area contributed by atoms with Gasteiger partial charge in [-0.1, -0.05) is 260 Å². The SMILES string of the molecule is CC\C=C/C=C\C=C/C=C\CCCCCCCC(=O)OC(COC(=O)CCCCCCCCC\C=C/C=C\C=C/CC)COC(=O)CCCCCCCCCCCCCCCCCCC. The Hall–Kier alpha value is -3.41. The van der Waals surface area contributed by atoms with Gasteiger partial charge in [-0.05, 0) is 57.8 Å². The number of hydrogen-bond donors (Lipinski definition) is 0. The predicted octanol–water partition coefficient (Wildman–Crippen LogP) is 18.0. The lowest BCUT2D eigenvalue weighted by atomic mass is 10.0. The quantitative estimate of drug-likeness (QED) is 0.0262. The molecule has 0 fully saturated rings. The highest BCUT2D eigenvalue weighted by atomic mass is 16.6.